The molecule has 35 heavy (non-hydrogen) atoms. The summed E-state index contributed by atoms with van der Waals surface area (Å²) in [5.41, 5.74) is 0.155. The Bertz CT molecular complexity index is 1730. The third kappa shape index (κ3) is 3.48. The number of azo groups is 1. The lowest BCUT2D eigenvalue weighted by molar-refractivity contribution is 0.424. The minimum absolute atomic E-state index is 0.0181. The monoisotopic (exact) mass is 462 g/mol. The van der Waals surface area contributed by atoms with Crippen LogP contribution in [0, 0.1) is 22.7 Å². The number of aromatic hydroxyl groups is 1. The van der Waals surface area contributed by atoms with Gasteiger partial charge < -0.3 is 10.1 Å². The number of benzene rings is 1. The van der Waals surface area contributed by atoms with E-state index in [1.165, 1.54) is 17.9 Å². The Morgan fingerprint density at radius 3 is 2.60 bits per heavy atom. The van der Waals surface area contributed by atoms with E-state index in [0.717, 1.165) is 4.57 Å². The molecule has 0 atom stereocenters. The van der Waals surface area contributed by atoms with Crippen molar-refractivity contribution >= 4 is 22.5 Å². The fourth-order valence-electron chi connectivity index (χ4n) is 3.52. The standard InChI is InChI=1S/C23H14N10O2/c1-32-22(34)14(11-25)18(20-28-15-6-2-3-7-16(15)29-20)19(23(32)35)30-31-21-13(10-24)12-27-33(21)17-8-4-5-9-26-17/h2-9,12,35H,1H3,(H,28,29)/b31-30+. The van der Waals surface area contributed by atoms with Crippen LogP contribution < -0.4 is 5.56 Å². The van der Waals surface area contributed by atoms with Crippen LogP contribution in [0.3, 0.4) is 0 Å². The number of fused-ring (bicyclic) bond motifs is 1. The third-order valence-corrected chi connectivity index (χ3v) is 5.25. The van der Waals surface area contributed by atoms with Crippen molar-refractivity contribution in [2.45, 2.75) is 0 Å². The van der Waals surface area contributed by atoms with Crippen molar-refractivity contribution in [3.63, 3.8) is 0 Å². The minimum atomic E-state index is -0.726. The molecule has 0 aliphatic rings. The summed E-state index contributed by atoms with van der Waals surface area (Å²) in [5, 5.41) is 42.6. The van der Waals surface area contributed by atoms with Crippen LogP contribution in [0.1, 0.15) is 11.1 Å². The largest absolute Gasteiger partial charge is 0.493 e. The van der Waals surface area contributed by atoms with Gasteiger partial charge in [-0.25, -0.2) is 9.97 Å². The highest BCUT2D eigenvalue weighted by atomic mass is 16.3. The Balaban J connectivity index is 1.76. The van der Waals surface area contributed by atoms with Gasteiger partial charge in [0.1, 0.15) is 29.1 Å². The second-order valence-electron chi connectivity index (χ2n) is 7.29. The zero-order valence-electron chi connectivity index (χ0n) is 18.1. The van der Waals surface area contributed by atoms with Crippen LogP contribution in [0.15, 0.2) is 69.9 Å². The number of nitriles is 2. The number of nitrogens with zero attached hydrogens (tertiary/aromatic N) is 9. The van der Waals surface area contributed by atoms with Crippen LogP contribution in [-0.2, 0) is 7.05 Å². The van der Waals surface area contributed by atoms with Gasteiger partial charge in [-0.3, -0.25) is 9.36 Å². The highest BCUT2D eigenvalue weighted by Crippen LogP contribution is 2.39. The van der Waals surface area contributed by atoms with E-state index >= 15 is 0 Å². The fraction of sp³-hybridized carbons (Fsp3) is 0.0435. The number of rotatable bonds is 4. The normalized spacial score (nSPS) is 11.1. The summed E-state index contributed by atoms with van der Waals surface area (Å²) in [4.78, 5) is 24.5. The molecule has 4 heterocycles. The van der Waals surface area contributed by atoms with Crippen LogP contribution in [0.5, 0.6) is 5.88 Å². The first-order valence-corrected chi connectivity index (χ1v) is 10.2. The lowest BCUT2D eigenvalue weighted by Gasteiger charge is -2.10. The molecule has 0 bridgehead atoms. The quantitative estimate of drug-likeness (QED) is 0.385. The Kier molecular flexibility index (Phi) is 5.09. The molecule has 1 aromatic carbocycles. The van der Waals surface area contributed by atoms with Crippen LogP contribution in [-0.4, -0.2) is 34.4 Å². The molecule has 2 N–H and O–H groups in total. The number of imidazole rings is 1. The topological polar surface area (TPSA) is 174 Å². The first kappa shape index (κ1) is 21.2. The number of aromatic amines is 1. The molecular formula is C23H14N10O2. The van der Waals surface area contributed by atoms with E-state index in [1.807, 2.05) is 12.1 Å². The lowest BCUT2D eigenvalue weighted by Crippen LogP contribution is -2.20. The Labute approximate surface area is 196 Å². The van der Waals surface area contributed by atoms with Gasteiger partial charge in [-0.1, -0.05) is 18.2 Å². The predicted octanol–water partition coefficient (Wildman–Crippen LogP) is 3.37. The zero-order chi connectivity index (χ0) is 24.5. The van der Waals surface area contributed by atoms with Gasteiger partial charge in [-0.05, 0) is 24.3 Å². The molecule has 168 valence electrons. The molecular weight excluding hydrogens is 448 g/mol. The molecule has 0 aliphatic heterocycles. The Morgan fingerprint density at radius 2 is 1.89 bits per heavy atom. The van der Waals surface area contributed by atoms with Gasteiger partial charge in [-0.2, -0.15) is 20.3 Å². The molecule has 0 aliphatic carbocycles. The number of hydrogen-bond acceptors (Lipinski definition) is 9. The zero-order valence-corrected chi connectivity index (χ0v) is 18.1. The average molecular weight is 462 g/mol. The van der Waals surface area contributed by atoms with Gasteiger partial charge in [0.15, 0.2) is 17.3 Å². The first-order valence-electron chi connectivity index (χ1n) is 10.2. The third-order valence-electron chi connectivity index (χ3n) is 5.25. The number of pyridine rings is 2. The Morgan fingerprint density at radius 1 is 1.09 bits per heavy atom. The molecule has 0 spiro atoms. The Hall–Kier alpha value is -5.62. The SMILES string of the molecule is Cn1c(O)c(/N=N/c2c(C#N)cnn2-c2ccccn2)c(-c2nc3ccccc3[nH]2)c(C#N)c1=O. The van der Waals surface area contributed by atoms with Crippen molar-refractivity contribution in [1.82, 2.24) is 29.3 Å². The number of nitrogens with one attached hydrogen (secondary N) is 1. The molecule has 0 amide bonds. The number of hydrogen-bond donors (Lipinski definition) is 2. The summed E-state index contributed by atoms with van der Waals surface area (Å²) < 4.78 is 2.20. The number of para-hydroxylation sites is 2. The van der Waals surface area contributed by atoms with E-state index in [9.17, 15) is 20.4 Å². The molecule has 12 heteroatoms. The van der Waals surface area contributed by atoms with Crippen LogP contribution >= 0.6 is 0 Å². The average Bonchev–Trinajstić information content (AvgIpc) is 3.51. The number of H-pyrrole nitrogens is 1. The van der Waals surface area contributed by atoms with Gasteiger partial charge in [0.25, 0.3) is 5.56 Å². The van der Waals surface area contributed by atoms with Crippen molar-refractivity contribution in [1.29, 1.82) is 10.5 Å². The summed E-state index contributed by atoms with van der Waals surface area (Å²) in [6.07, 6.45) is 2.87. The van der Waals surface area contributed by atoms with E-state index in [2.05, 4.69) is 30.3 Å². The first-order chi connectivity index (χ1) is 17.0. The van der Waals surface area contributed by atoms with Gasteiger partial charge in [0.2, 0.25) is 5.88 Å². The van der Waals surface area contributed by atoms with Crippen molar-refractivity contribution in [3.05, 3.63) is 76.3 Å². The molecule has 0 unspecified atom stereocenters. The van der Waals surface area contributed by atoms with E-state index in [4.69, 9.17) is 0 Å². The summed E-state index contributed by atoms with van der Waals surface area (Å²) in [7, 11) is 1.30. The van der Waals surface area contributed by atoms with E-state index in [-0.39, 0.29) is 34.0 Å². The summed E-state index contributed by atoms with van der Waals surface area (Å²) in [5.74, 6) is 0.0652. The van der Waals surface area contributed by atoms with Crippen LogP contribution in [0.25, 0.3) is 28.2 Å². The van der Waals surface area contributed by atoms with Gasteiger partial charge in [0.05, 0.1) is 22.8 Å². The minimum Gasteiger partial charge on any atom is -0.493 e. The van der Waals surface area contributed by atoms with Crippen molar-refractivity contribution in [2.75, 3.05) is 0 Å². The summed E-state index contributed by atoms with van der Waals surface area (Å²) >= 11 is 0. The van der Waals surface area contributed by atoms with Gasteiger partial charge in [-0.15, -0.1) is 10.2 Å². The lowest BCUT2D eigenvalue weighted by atomic mass is 10.1. The molecule has 0 saturated carbocycles. The molecule has 4 aromatic heterocycles. The maximum atomic E-state index is 12.8. The smallest absolute Gasteiger partial charge is 0.271 e. The predicted molar refractivity (Wildman–Crippen MR) is 123 cm³/mol. The molecule has 5 rings (SSSR count). The number of aromatic nitrogens is 6. The van der Waals surface area contributed by atoms with Crippen LogP contribution in [0.4, 0.5) is 11.5 Å². The maximum absolute atomic E-state index is 12.8. The van der Waals surface area contributed by atoms with E-state index in [0.29, 0.717) is 16.9 Å². The summed E-state index contributed by atoms with van der Waals surface area (Å²) in [6, 6.07) is 16.2. The highest BCUT2D eigenvalue weighted by Gasteiger charge is 2.24. The molecule has 5 aromatic rings. The van der Waals surface area contributed by atoms with Crippen molar-refractivity contribution in [3.8, 4) is 35.2 Å². The van der Waals surface area contributed by atoms with E-state index in [1.54, 1.807) is 48.7 Å². The van der Waals surface area contributed by atoms with Crippen molar-refractivity contribution in [2.24, 2.45) is 17.3 Å². The van der Waals surface area contributed by atoms with Crippen molar-refractivity contribution < 1.29 is 5.11 Å². The second-order valence-corrected chi connectivity index (χ2v) is 7.29. The molecule has 0 radical (unpaired) electrons. The summed E-state index contributed by atoms with van der Waals surface area (Å²) in [6.45, 7) is 0. The van der Waals surface area contributed by atoms with Gasteiger partial charge >= 0.3 is 0 Å². The maximum Gasteiger partial charge on any atom is 0.271 e. The molecule has 12 nitrogen and oxygen atoms in total. The van der Waals surface area contributed by atoms with E-state index < -0.39 is 11.4 Å². The second kappa shape index (κ2) is 8.38. The van der Waals surface area contributed by atoms with Crippen LogP contribution in [0.2, 0.25) is 0 Å². The molecule has 0 fully saturated rings. The van der Waals surface area contributed by atoms with Gasteiger partial charge in [0, 0.05) is 13.2 Å². The fourth-order valence-corrected chi connectivity index (χ4v) is 3.52. The molecule has 0 saturated heterocycles. The highest BCUT2D eigenvalue weighted by molar-refractivity contribution is 5.86.